The van der Waals surface area contributed by atoms with Gasteiger partial charge in [-0.1, -0.05) is 30.7 Å². The summed E-state index contributed by atoms with van der Waals surface area (Å²) in [6.45, 7) is 5.39. The highest BCUT2D eigenvalue weighted by Crippen LogP contribution is 2.19. The lowest BCUT2D eigenvalue weighted by molar-refractivity contribution is 0.152. The van der Waals surface area contributed by atoms with Gasteiger partial charge >= 0.3 is 0 Å². The van der Waals surface area contributed by atoms with Gasteiger partial charge in [0.05, 0.1) is 6.54 Å². The fraction of sp³-hybridized carbons (Fsp3) is 0.632. The molecule has 0 spiro atoms. The third-order valence-corrected chi connectivity index (χ3v) is 4.55. The van der Waals surface area contributed by atoms with Crippen LogP contribution in [0, 0.1) is 0 Å². The lowest BCUT2D eigenvalue weighted by Crippen LogP contribution is -2.36. The fourth-order valence-electron chi connectivity index (χ4n) is 3.22. The normalized spacial score (nSPS) is 18.6. The molecular formula is C19H32N4. The van der Waals surface area contributed by atoms with Crippen molar-refractivity contribution >= 4 is 5.96 Å². The maximum absolute atomic E-state index is 4.71. The van der Waals surface area contributed by atoms with Gasteiger partial charge in [-0.15, -0.1) is 0 Å². The Morgan fingerprint density at radius 2 is 1.65 bits per heavy atom. The molecule has 1 aliphatic heterocycles. The number of hydrogen-bond acceptors (Lipinski definition) is 2. The van der Waals surface area contributed by atoms with Gasteiger partial charge in [-0.05, 0) is 37.4 Å². The molecular weight excluding hydrogens is 284 g/mol. The highest BCUT2D eigenvalue weighted by molar-refractivity contribution is 5.79. The van der Waals surface area contributed by atoms with E-state index in [4.69, 9.17) is 4.99 Å². The third-order valence-electron chi connectivity index (χ3n) is 4.55. The molecule has 0 aromatic heterocycles. The van der Waals surface area contributed by atoms with Crippen molar-refractivity contribution in [1.82, 2.24) is 14.7 Å². The Hall–Kier alpha value is -1.55. The largest absolute Gasteiger partial charge is 0.349 e. The summed E-state index contributed by atoms with van der Waals surface area (Å²) in [6.07, 6.45) is 4.06. The number of nitrogens with zero attached hydrogens (tertiary/aromatic N) is 4. The summed E-state index contributed by atoms with van der Waals surface area (Å²) in [7, 11) is 8.12. The summed E-state index contributed by atoms with van der Waals surface area (Å²) >= 11 is 0. The second-order valence-corrected chi connectivity index (χ2v) is 7.04. The van der Waals surface area contributed by atoms with E-state index < -0.39 is 0 Å². The molecule has 1 aliphatic rings. The van der Waals surface area contributed by atoms with Gasteiger partial charge in [-0.25, -0.2) is 4.99 Å². The number of aliphatic imine (C=N–C) groups is 1. The zero-order valence-electron chi connectivity index (χ0n) is 15.4. The van der Waals surface area contributed by atoms with E-state index in [-0.39, 0.29) is 0 Å². The van der Waals surface area contributed by atoms with Crippen LogP contribution in [0.15, 0.2) is 29.3 Å². The number of rotatable bonds is 4. The first-order chi connectivity index (χ1) is 11.0. The minimum atomic E-state index is 0.718. The molecule has 128 valence electrons. The highest BCUT2D eigenvalue weighted by Gasteiger charge is 2.17. The molecule has 1 fully saturated rings. The maximum Gasteiger partial charge on any atom is 0.195 e. The van der Waals surface area contributed by atoms with E-state index in [1.165, 1.54) is 36.9 Å². The molecule has 23 heavy (non-hydrogen) atoms. The first-order valence-electron chi connectivity index (χ1n) is 8.68. The minimum Gasteiger partial charge on any atom is -0.349 e. The minimum absolute atomic E-state index is 0.718. The van der Waals surface area contributed by atoms with Gasteiger partial charge in [-0.2, -0.15) is 0 Å². The second-order valence-electron chi connectivity index (χ2n) is 7.04. The van der Waals surface area contributed by atoms with Gasteiger partial charge in [0.25, 0.3) is 0 Å². The SMILES string of the molecule is CC1CCCCN1Cc1ccc(CN=C(N(C)C)N(C)C)cc1. The fourth-order valence-corrected chi connectivity index (χ4v) is 3.22. The highest BCUT2D eigenvalue weighted by atomic mass is 15.3. The van der Waals surface area contributed by atoms with E-state index in [0.29, 0.717) is 0 Å². The quantitative estimate of drug-likeness (QED) is 0.630. The van der Waals surface area contributed by atoms with Crippen LogP contribution in [0.25, 0.3) is 0 Å². The van der Waals surface area contributed by atoms with Gasteiger partial charge in [0.15, 0.2) is 5.96 Å². The van der Waals surface area contributed by atoms with Crippen LogP contribution in [0.2, 0.25) is 0 Å². The first-order valence-corrected chi connectivity index (χ1v) is 8.68. The van der Waals surface area contributed by atoms with Gasteiger partial charge < -0.3 is 9.80 Å². The molecule has 0 saturated carbocycles. The van der Waals surface area contributed by atoms with Gasteiger partial charge in [0.2, 0.25) is 0 Å². The van der Waals surface area contributed by atoms with Gasteiger partial charge in [0, 0.05) is 40.8 Å². The Bertz CT molecular complexity index is 495. The molecule has 1 saturated heterocycles. The van der Waals surface area contributed by atoms with Crippen LogP contribution in [-0.4, -0.2) is 61.4 Å². The number of benzene rings is 1. The van der Waals surface area contributed by atoms with Crippen molar-refractivity contribution in [1.29, 1.82) is 0 Å². The maximum atomic E-state index is 4.71. The predicted molar refractivity (Wildman–Crippen MR) is 98.7 cm³/mol. The zero-order valence-corrected chi connectivity index (χ0v) is 15.4. The number of hydrogen-bond donors (Lipinski definition) is 0. The Morgan fingerprint density at radius 1 is 1.04 bits per heavy atom. The molecule has 0 aliphatic carbocycles. The topological polar surface area (TPSA) is 22.1 Å². The lowest BCUT2D eigenvalue weighted by Gasteiger charge is -2.33. The van der Waals surface area contributed by atoms with E-state index in [0.717, 1.165) is 25.1 Å². The summed E-state index contributed by atoms with van der Waals surface area (Å²) < 4.78 is 0. The van der Waals surface area contributed by atoms with Crippen molar-refractivity contribution in [3.05, 3.63) is 35.4 Å². The van der Waals surface area contributed by atoms with Crippen molar-refractivity contribution in [2.45, 2.75) is 45.3 Å². The molecule has 0 N–H and O–H groups in total. The first kappa shape index (κ1) is 17.8. The van der Waals surface area contributed by atoms with Crippen molar-refractivity contribution in [3.63, 3.8) is 0 Å². The van der Waals surface area contributed by atoms with Crippen LogP contribution in [0.5, 0.6) is 0 Å². The van der Waals surface area contributed by atoms with Crippen molar-refractivity contribution < 1.29 is 0 Å². The summed E-state index contributed by atoms with van der Waals surface area (Å²) in [5.74, 6) is 0.996. The molecule has 4 heteroatoms. The summed E-state index contributed by atoms with van der Waals surface area (Å²) in [5, 5.41) is 0. The van der Waals surface area contributed by atoms with E-state index in [1.54, 1.807) is 0 Å². The molecule has 1 unspecified atom stereocenters. The summed E-state index contributed by atoms with van der Waals surface area (Å²) in [6, 6.07) is 9.68. The monoisotopic (exact) mass is 316 g/mol. The van der Waals surface area contributed by atoms with Gasteiger partial charge in [0.1, 0.15) is 0 Å². The second kappa shape index (κ2) is 8.34. The van der Waals surface area contributed by atoms with Crippen molar-refractivity contribution in [3.8, 4) is 0 Å². The van der Waals surface area contributed by atoms with E-state index in [2.05, 4.69) is 36.1 Å². The van der Waals surface area contributed by atoms with Crippen LogP contribution in [0.3, 0.4) is 0 Å². The molecule has 1 aromatic carbocycles. The van der Waals surface area contributed by atoms with Crippen molar-refractivity contribution in [2.24, 2.45) is 4.99 Å². The lowest BCUT2D eigenvalue weighted by atomic mass is 10.0. The molecule has 0 bridgehead atoms. The van der Waals surface area contributed by atoms with E-state index >= 15 is 0 Å². The molecule has 4 nitrogen and oxygen atoms in total. The molecule has 1 heterocycles. The molecule has 1 atom stereocenters. The Morgan fingerprint density at radius 3 is 2.22 bits per heavy atom. The predicted octanol–water partition coefficient (Wildman–Crippen LogP) is 3.04. The average Bonchev–Trinajstić information content (AvgIpc) is 2.50. The molecule has 0 amide bonds. The van der Waals surface area contributed by atoms with Gasteiger partial charge in [-0.3, -0.25) is 4.90 Å². The van der Waals surface area contributed by atoms with E-state index in [9.17, 15) is 0 Å². The van der Waals surface area contributed by atoms with Crippen LogP contribution in [-0.2, 0) is 13.1 Å². The van der Waals surface area contributed by atoms with Crippen molar-refractivity contribution in [2.75, 3.05) is 34.7 Å². The van der Waals surface area contributed by atoms with Crippen LogP contribution in [0.1, 0.15) is 37.3 Å². The number of piperidine rings is 1. The zero-order chi connectivity index (χ0) is 16.8. The summed E-state index contributed by atoms with van der Waals surface area (Å²) in [5.41, 5.74) is 2.67. The Kier molecular flexibility index (Phi) is 6.46. The van der Waals surface area contributed by atoms with Crippen LogP contribution < -0.4 is 0 Å². The van der Waals surface area contributed by atoms with Crippen LogP contribution in [0.4, 0.5) is 0 Å². The number of guanidine groups is 1. The standard InChI is InChI=1S/C19H32N4/c1-16-8-6-7-13-23(16)15-18-11-9-17(10-12-18)14-20-19(21(2)3)22(4)5/h9-12,16H,6-8,13-15H2,1-5H3. The smallest absolute Gasteiger partial charge is 0.195 e. The average molecular weight is 316 g/mol. The molecule has 2 rings (SSSR count). The van der Waals surface area contributed by atoms with E-state index in [1.807, 2.05) is 38.0 Å². The number of likely N-dealkylation sites (tertiary alicyclic amines) is 1. The summed E-state index contributed by atoms with van der Waals surface area (Å²) in [4.78, 5) is 11.4. The molecule has 1 aromatic rings. The molecule has 0 radical (unpaired) electrons. The third kappa shape index (κ3) is 5.24. The Labute approximate surface area is 141 Å². The Balaban J connectivity index is 1.95. The van der Waals surface area contributed by atoms with Crippen LogP contribution >= 0.6 is 0 Å².